The van der Waals surface area contributed by atoms with E-state index in [-0.39, 0.29) is 5.60 Å². The van der Waals surface area contributed by atoms with Crippen molar-refractivity contribution in [3.8, 4) is 17.2 Å². The first-order valence-corrected chi connectivity index (χ1v) is 12.0. The van der Waals surface area contributed by atoms with Crippen molar-refractivity contribution in [2.24, 2.45) is 11.8 Å². The minimum Gasteiger partial charge on any atom is -0.467 e. The van der Waals surface area contributed by atoms with Gasteiger partial charge in [0.2, 0.25) is 0 Å². The van der Waals surface area contributed by atoms with Gasteiger partial charge in [-0.05, 0) is 80.0 Å². The number of halogens is 1. The van der Waals surface area contributed by atoms with Crippen LogP contribution in [0.5, 0.6) is 17.2 Å². The van der Waals surface area contributed by atoms with Crippen molar-refractivity contribution in [1.82, 2.24) is 0 Å². The minimum absolute atomic E-state index is 0.242. The standard InChI is InChI=1S/C26H31ClO3/c27-21-11-13-22(14-12-21)30-23-15-16-25-24(17-23)26(29-18-28-25,19-7-3-1-4-8-19)20-9-5-2-6-10-20/h11-17,19-20H,1-10,18H2. The van der Waals surface area contributed by atoms with Crippen LogP contribution in [-0.4, -0.2) is 6.79 Å². The highest BCUT2D eigenvalue weighted by Gasteiger charge is 2.51. The molecule has 0 atom stereocenters. The number of ether oxygens (including phenoxy) is 3. The highest BCUT2D eigenvalue weighted by atomic mass is 35.5. The molecule has 1 aliphatic heterocycles. The molecule has 2 aromatic rings. The van der Waals surface area contributed by atoms with Crippen molar-refractivity contribution in [1.29, 1.82) is 0 Å². The average molecular weight is 427 g/mol. The lowest BCUT2D eigenvalue weighted by molar-refractivity contribution is -0.202. The molecule has 0 N–H and O–H groups in total. The van der Waals surface area contributed by atoms with Crippen LogP contribution in [0.2, 0.25) is 5.02 Å². The molecule has 2 saturated carbocycles. The van der Waals surface area contributed by atoms with Crippen LogP contribution in [0.4, 0.5) is 0 Å². The normalized spacial score (nSPS) is 22.2. The van der Waals surface area contributed by atoms with E-state index in [0.29, 0.717) is 23.7 Å². The van der Waals surface area contributed by atoms with Gasteiger partial charge in [0.25, 0.3) is 0 Å². The maximum Gasteiger partial charge on any atom is 0.190 e. The minimum atomic E-state index is -0.242. The molecule has 0 spiro atoms. The van der Waals surface area contributed by atoms with Crippen molar-refractivity contribution < 1.29 is 14.2 Å². The largest absolute Gasteiger partial charge is 0.467 e. The third-order valence-corrected chi connectivity index (χ3v) is 7.61. The Morgan fingerprint density at radius 1 is 0.767 bits per heavy atom. The zero-order valence-corrected chi connectivity index (χ0v) is 18.3. The molecule has 2 aromatic carbocycles. The monoisotopic (exact) mass is 426 g/mol. The fraction of sp³-hybridized carbons (Fsp3) is 0.538. The first-order valence-electron chi connectivity index (χ1n) is 11.6. The topological polar surface area (TPSA) is 27.7 Å². The molecule has 0 radical (unpaired) electrons. The van der Waals surface area contributed by atoms with Crippen molar-refractivity contribution in [2.45, 2.75) is 69.8 Å². The van der Waals surface area contributed by atoms with Gasteiger partial charge in [-0.25, -0.2) is 0 Å². The molecule has 3 aliphatic rings. The van der Waals surface area contributed by atoms with E-state index in [2.05, 4.69) is 12.1 Å². The quantitative estimate of drug-likeness (QED) is 0.498. The van der Waals surface area contributed by atoms with Crippen LogP contribution in [0.1, 0.15) is 69.8 Å². The summed E-state index contributed by atoms with van der Waals surface area (Å²) in [5.41, 5.74) is 0.965. The maximum absolute atomic E-state index is 6.70. The predicted molar refractivity (Wildman–Crippen MR) is 119 cm³/mol. The second-order valence-electron chi connectivity index (χ2n) is 9.08. The summed E-state index contributed by atoms with van der Waals surface area (Å²) in [6.07, 6.45) is 12.9. The number of fused-ring (bicyclic) bond motifs is 1. The molecule has 0 bridgehead atoms. The molecule has 30 heavy (non-hydrogen) atoms. The Labute approximate surface area is 184 Å². The van der Waals surface area contributed by atoms with Crippen molar-refractivity contribution >= 4 is 11.6 Å². The van der Waals surface area contributed by atoms with Crippen molar-refractivity contribution in [3.05, 3.63) is 53.1 Å². The van der Waals surface area contributed by atoms with E-state index in [1.165, 1.54) is 69.8 Å². The highest BCUT2D eigenvalue weighted by molar-refractivity contribution is 6.30. The van der Waals surface area contributed by atoms with E-state index in [4.69, 9.17) is 25.8 Å². The Hall–Kier alpha value is -1.71. The molecule has 0 unspecified atom stereocenters. The molecule has 0 aromatic heterocycles. The smallest absolute Gasteiger partial charge is 0.190 e. The summed E-state index contributed by atoms with van der Waals surface area (Å²) < 4.78 is 18.9. The summed E-state index contributed by atoms with van der Waals surface area (Å²) in [6, 6.07) is 13.8. The Morgan fingerprint density at radius 3 is 2.00 bits per heavy atom. The second kappa shape index (κ2) is 8.80. The third kappa shape index (κ3) is 3.83. The molecular weight excluding hydrogens is 396 g/mol. The molecule has 1 heterocycles. The maximum atomic E-state index is 6.70. The lowest BCUT2D eigenvalue weighted by Gasteiger charge is -2.51. The number of hydrogen-bond donors (Lipinski definition) is 0. The zero-order chi connectivity index (χ0) is 20.4. The third-order valence-electron chi connectivity index (χ3n) is 7.36. The molecule has 160 valence electrons. The number of rotatable bonds is 4. The van der Waals surface area contributed by atoms with E-state index in [9.17, 15) is 0 Å². The summed E-state index contributed by atoms with van der Waals surface area (Å²) in [6.45, 7) is 0.359. The fourth-order valence-electron chi connectivity index (χ4n) is 5.98. The molecule has 0 saturated heterocycles. The molecule has 0 amide bonds. The Bertz CT molecular complexity index is 833. The van der Waals surface area contributed by atoms with Gasteiger partial charge in [-0.15, -0.1) is 0 Å². The number of hydrogen-bond acceptors (Lipinski definition) is 3. The van der Waals surface area contributed by atoms with Crippen molar-refractivity contribution in [3.63, 3.8) is 0 Å². The van der Waals surface area contributed by atoms with Gasteiger partial charge >= 0.3 is 0 Å². The Kier molecular flexibility index (Phi) is 5.93. The van der Waals surface area contributed by atoms with Crippen LogP contribution in [0, 0.1) is 11.8 Å². The predicted octanol–water partition coefficient (Wildman–Crippen LogP) is 7.85. The lowest BCUT2D eigenvalue weighted by Crippen LogP contribution is -2.49. The van der Waals surface area contributed by atoms with Gasteiger partial charge in [0.1, 0.15) is 22.8 Å². The van der Waals surface area contributed by atoms with Crippen LogP contribution in [0.15, 0.2) is 42.5 Å². The highest BCUT2D eigenvalue weighted by Crippen LogP contribution is 2.55. The first-order chi connectivity index (χ1) is 14.8. The van der Waals surface area contributed by atoms with Gasteiger partial charge < -0.3 is 14.2 Å². The zero-order valence-electron chi connectivity index (χ0n) is 17.6. The van der Waals surface area contributed by atoms with Gasteiger partial charge in [-0.1, -0.05) is 50.1 Å². The SMILES string of the molecule is Clc1ccc(Oc2ccc3c(c2)C(C2CCCCC2)(C2CCCCC2)OCO3)cc1. The Balaban J connectivity index is 1.54. The van der Waals surface area contributed by atoms with E-state index in [1.54, 1.807) is 0 Å². The van der Waals surface area contributed by atoms with Gasteiger partial charge in [0, 0.05) is 10.6 Å². The van der Waals surface area contributed by atoms with E-state index >= 15 is 0 Å². The van der Waals surface area contributed by atoms with E-state index < -0.39 is 0 Å². The van der Waals surface area contributed by atoms with Crippen LogP contribution in [0.3, 0.4) is 0 Å². The van der Waals surface area contributed by atoms with Gasteiger partial charge in [0.15, 0.2) is 6.79 Å². The van der Waals surface area contributed by atoms with Crippen LogP contribution in [-0.2, 0) is 10.3 Å². The van der Waals surface area contributed by atoms with Gasteiger partial charge in [-0.3, -0.25) is 0 Å². The molecular formula is C26H31ClO3. The molecule has 2 aliphatic carbocycles. The molecule has 5 rings (SSSR count). The van der Waals surface area contributed by atoms with Crippen LogP contribution >= 0.6 is 11.6 Å². The molecule has 3 nitrogen and oxygen atoms in total. The second-order valence-corrected chi connectivity index (χ2v) is 9.52. The van der Waals surface area contributed by atoms with Crippen molar-refractivity contribution in [2.75, 3.05) is 6.79 Å². The Morgan fingerprint density at radius 2 is 1.37 bits per heavy atom. The number of benzene rings is 2. The van der Waals surface area contributed by atoms with Crippen LogP contribution in [0.25, 0.3) is 0 Å². The van der Waals surface area contributed by atoms with Gasteiger partial charge in [0.05, 0.1) is 0 Å². The summed E-state index contributed by atoms with van der Waals surface area (Å²) in [5.74, 6) is 3.71. The van der Waals surface area contributed by atoms with Gasteiger partial charge in [-0.2, -0.15) is 0 Å². The summed E-state index contributed by atoms with van der Waals surface area (Å²) in [7, 11) is 0. The summed E-state index contributed by atoms with van der Waals surface area (Å²) in [4.78, 5) is 0. The van der Waals surface area contributed by atoms with E-state index in [0.717, 1.165) is 17.2 Å². The average Bonchev–Trinajstić information content (AvgIpc) is 2.81. The van der Waals surface area contributed by atoms with E-state index in [1.807, 2.05) is 30.3 Å². The lowest BCUT2D eigenvalue weighted by atomic mass is 9.63. The fourth-order valence-corrected chi connectivity index (χ4v) is 6.11. The molecule has 2 fully saturated rings. The summed E-state index contributed by atoms with van der Waals surface area (Å²) >= 11 is 6.03. The first kappa shape index (κ1) is 20.2. The summed E-state index contributed by atoms with van der Waals surface area (Å²) in [5, 5.41) is 0.711. The molecule has 4 heteroatoms. The van der Waals surface area contributed by atoms with Crippen LogP contribution < -0.4 is 9.47 Å².